The lowest BCUT2D eigenvalue weighted by atomic mass is 9.78. The largest absolute Gasteiger partial charge is 0.338 e. The maximum Gasteiger partial charge on any atom is 0.253 e. The van der Waals surface area contributed by atoms with Gasteiger partial charge in [0, 0.05) is 37.8 Å². The first-order chi connectivity index (χ1) is 16.2. The van der Waals surface area contributed by atoms with E-state index in [9.17, 15) is 9.59 Å². The quantitative estimate of drug-likeness (QED) is 0.563. The summed E-state index contributed by atoms with van der Waals surface area (Å²) in [5.41, 5.74) is 3.93. The molecule has 0 N–H and O–H groups in total. The van der Waals surface area contributed by atoms with Gasteiger partial charge in [-0.25, -0.2) is 0 Å². The van der Waals surface area contributed by atoms with Gasteiger partial charge in [0.2, 0.25) is 0 Å². The molecule has 0 bridgehead atoms. The van der Waals surface area contributed by atoms with Crippen LogP contribution in [-0.2, 0) is 11.1 Å². The van der Waals surface area contributed by atoms with Gasteiger partial charge in [0.25, 0.3) is 5.91 Å². The van der Waals surface area contributed by atoms with E-state index in [2.05, 4.69) is 48.6 Å². The summed E-state index contributed by atoms with van der Waals surface area (Å²) in [6.45, 7) is 8.42. The summed E-state index contributed by atoms with van der Waals surface area (Å²) in [5.74, 6) is 0.918. The molecular formula is C29H39N3O2. The van der Waals surface area contributed by atoms with Gasteiger partial charge in [0.1, 0.15) is 0 Å². The lowest BCUT2D eigenvalue weighted by Crippen LogP contribution is -2.61. The van der Waals surface area contributed by atoms with Crippen LogP contribution in [0.1, 0.15) is 104 Å². The zero-order valence-corrected chi connectivity index (χ0v) is 21.3. The Bertz CT molecular complexity index is 1070. The number of ketones is 1. The summed E-state index contributed by atoms with van der Waals surface area (Å²) in [7, 11) is 2.20. The SMILES string of the molecule is CC(=O)c1ccc2n1C(C)(C)CN(C)C21CCN(C(=O)c2ccc(C3CCCCC3)cc2)CC1. The molecule has 0 radical (unpaired) electrons. The summed E-state index contributed by atoms with van der Waals surface area (Å²) in [6.07, 6.45) is 8.32. The molecule has 1 spiro atoms. The first-order valence-corrected chi connectivity index (χ1v) is 13.1. The Labute approximate surface area is 204 Å². The number of Topliss-reactive ketones (excluding diaryl/α,β-unsaturated/α-hetero) is 1. The number of likely N-dealkylation sites (N-methyl/N-ethyl adjacent to an activating group) is 1. The molecule has 5 heteroatoms. The van der Waals surface area contributed by atoms with E-state index in [0.717, 1.165) is 43.7 Å². The molecule has 0 unspecified atom stereocenters. The van der Waals surface area contributed by atoms with Gasteiger partial charge in [-0.3, -0.25) is 14.5 Å². The van der Waals surface area contributed by atoms with Crippen molar-refractivity contribution < 1.29 is 9.59 Å². The van der Waals surface area contributed by atoms with Gasteiger partial charge in [-0.2, -0.15) is 0 Å². The van der Waals surface area contributed by atoms with Gasteiger partial charge in [-0.05, 0) is 82.3 Å². The molecule has 1 aromatic heterocycles. The fraction of sp³-hybridized carbons (Fsp3) is 0.586. The van der Waals surface area contributed by atoms with E-state index in [0.29, 0.717) is 5.92 Å². The number of aromatic nitrogens is 1. The third kappa shape index (κ3) is 3.82. The van der Waals surface area contributed by atoms with Crippen molar-refractivity contribution in [3.63, 3.8) is 0 Å². The van der Waals surface area contributed by atoms with Crippen molar-refractivity contribution in [1.29, 1.82) is 0 Å². The van der Waals surface area contributed by atoms with Crippen molar-refractivity contribution in [2.24, 2.45) is 0 Å². The molecule has 1 saturated heterocycles. The van der Waals surface area contributed by atoms with Gasteiger partial charge in [-0.1, -0.05) is 31.4 Å². The number of piperidine rings is 1. The normalized spacial score (nSPS) is 22.5. The number of amides is 1. The van der Waals surface area contributed by atoms with Gasteiger partial charge < -0.3 is 9.47 Å². The molecular weight excluding hydrogens is 422 g/mol. The topological polar surface area (TPSA) is 45.6 Å². The van der Waals surface area contributed by atoms with Crippen LogP contribution in [0, 0.1) is 0 Å². The van der Waals surface area contributed by atoms with E-state index in [1.807, 2.05) is 23.1 Å². The van der Waals surface area contributed by atoms with Crippen LogP contribution < -0.4 is 0 Å². The number of benzene rings is 1. The van der Waals surface area contributed by atoms with E-state index in [-0.39, 0.29) is 22.8 Å². The average Bonchev–Trinajstić information content (AvgIpc) is 3.31. The van der Waals surface area contributed by atoms with E-state index >= 15 is 0 Å². The summed E-state index contributed by atoms with van der Waals surface area (Å²) in [4.78, 5) is 30.2. The van der Waals surface area contributed by atoms with Crippen molar-refractivity contribution in [1.82, 2.24) is 14.4 Å². The van der Waals surface area contributed by atoms with Gasteiger partial charge in [-0.15, -0.1) is 0 Å². The Balaban J connectivity index is 1.33. The number of nitrogens with zero attached hydrogens (tertiary/aromatic N) is 3. The number of rotatable bonds is 3. The Kier molecular flexibility index (Phi) is 5.96. The second-order valence-corrected chi connectivity index (χ2v) is 11.4. The molecule has 34 heavy (non-hydrogen) atoms. The summed E-state index contributed by atoms with van der Waals surface area (Å²) >= 11 is 0. The maximum atomic E-state index is 13.3. The minimum Gasteiger partial charge on any atom is -0.338 e. The van der Waals surface area contributed by atoms with Crippen molar-refractivity contribution in [2.45, 2.75) is 82.7 Å². The summed E-state index contributed by atoms with van der Waals surface area (Å²) in [6, 6.07) is 12.6. The molecule has 1 amide bonds. The Hall–Kier alpha value is -2.40. The monoisotopic (exact) mass is 461 g/mol. The molecule has 5 nitrogen and oxygen atoms in total. The lowest BCUT2D eigenvalue weighted by molar-refractivity contribution is -0.0146. The van der Waals surface area contributed by atoms with Crippen LogP contribution in [-0.4, -0.2) is 52.7 Å². The fourth-order valence-corrected chi connectivity index (χ4v) is 6.96. The van der Waals surface area contributed by atoms with E-state index in [1.165, 1.54) is 43.4 Å². The van der Waals surface area contributed by atoms with Crippen LogP contribution in [0.15, 0.2) is 36.4 Å². The summed E-state index contributed by atoms with van der Waals surface area (Å²) < 4.78 is 2.27. The standard InChI is InChI=1S/C29H39N3O2/c1-21(33)25-14-15-26-29(30(4)20-28(2,3)32(25)26)16-18-31(19-17-29)27(34)24-12-10-23(11-13-24)22-8-6-5-7-9-22/h10-15,22H,5-9,16-20H2,1-4H3. The number of likely N-dealkylation sites (tertiary alicyclic amines) is 1. The molecule has 2 aliphatic heterocycles. The molecule has 1 aromatic carbocycles. The minimum absolute atomic E-state index is 0.114. The van der Waals surface area contributed by atoms with Gasteiger partial charge >= 0.3 is 0 Å². The molecule has 3 heterocycles. The molecule has 2 fully saturated rings. The number of hydrogen-bond donors (Lipinski definition) is 0. The first kappa shape index (κ1) is 23.3. The fourth-order valence-electron chi connectivity index (χ4n) is 6.96. The second kappa shape index (κ2) is 8.67. The lowest BCUT2D eigenvalue weighted by Gasteiger charge is -2.55. The van der Waals surface area contributed by atoms with Gasteiger partial charge in [0.15, 0.2) is 5.78 Å². The van der Waals surface area contributed by atoms with Crippen molar-refractivity contribution in [3.8, 4) is 0 Å². The van der Waals surface area contributed by atoms with Crippen LogP contribution in [0.5, 0.6) is 0 Å². The highest BCUT2D eigenvalue weighted by atomic mass is 16.2. The molecule has 2 aromatic rings. The molecule has 0 atom stereocenters. The van der Waals surface area contributed by atoms with Crippen LogP contribution in [0.4, 0.5) is 0 Å². The molecule has 1 saturated carbocycles. The predicted octanol–water partition coefficient (Wildman–Crippen LogP) is 5.55. The predicted molar refractivity (Wildman–Crippen MR) is 135 cm³/mol. The third-order valence-electron chi connectivity index (χ3n) is 8.79. The molecule has 1 aliphatic carbocycles. The molecule has 182 valence electrons. The Morgan fingerprint density at radius 3 is 2.18 bits per heavy atom. The zero-order chi connectivity index (χ0) is 24.1. The van der Waals surface area contributed by atoms with Crippen molar-refractivity contribution >= 4 is 11.7 Å². The van der Waals surface area contributed by atoms with Crippen molar-refractivity contribution in [2.75, 3.05) is 26.7 Å². The van der Waals surface area contributed by atoms with Gasteiger partial charge in [0.05, 0.1) is 16.8 Å². The van der Waals surface area contributed by atoms with E-state index < -0.39 is 0 Å². The van der Waals surface area contributed by atoms with Crippen LogP contribution in [0.3, 0.4) is 0 Å². The van der Waals surface area contributed by atoms with Crippen LogP contribution in [0.25, 0.3) is 0 Å². The van der Waals surface area contributed by atoms with Crippen LogP contribution >= 0.6 is 0 Å². The number of carbonyl (C=O) groups excluding carboxylic acids is 2. The number of carbonyl (C=O) groups is 2. The van der Waals surface area contributed by atoms with E-state index in [1.54, 1.807) is 6.92 Å². The molecule has 3 aliphatic rings. The Morgan fingerprint density at radius 1 is 0.912 bits per heavy atom. The highest BCUT2D eigenvalue weighted by Crippen LogP contribution is 2.45. The number of hydrogen-bond acceptors (Lipinski definition) is 3. The molecule has 5 rings (SSSR count). The number of fused-ring (bicyclic) bond motifs is 2. The average molecular weight is 462 g/mol. The van der Waals surface area contributed by atoms with Crippen LogP contribution in [0.2, 0.25) is 0 Å². The highest BCUT2D eigenvalue weighted by molar-refractivity contribution is 5.94. The minimum atomic E-state index is -0.146. The summed E-state index contributed by atoms with van der Waals surface area (Å²) in [5, 5.41) is 0. The zero-order valence-electron chi connectivity index (χ0n) is 21.3. The first-order valence-electron chi connectivity index (χ1n) is 13.1. The smallest absolute Gasteiger partial charge is 0.253 e. The maximum absolute atomic E-state index is 13.3. The third-order valence-corrected chi connectivity index (χ3v) is 8.79. The van der Waals surface area contributed by atoms with E-state index in [4.69, 9.17) is 0 Å². The van der Waals surface area contributed by atoms with Crippen molar-refractivity contribution in [3.05, 3.63) is 58.9 Å². The highest BCUT2D eigenvalue weighted by Gasteiger charge is 2.49. The second-order valence-electron chi connectivity index (χ2n) is 11.4. The Morgan fingerprint density at radius 2 is 1.56 bits per heavy atom.